The molecular weight excluding hydrogens is 277 g/mol. The van der Waals surface area contributed by atoms with Gasteiger partial charge in [-0.2, -0.15) is 13.2 Å². The standard InChI is InChI=1S/C12H15F3N2O3/c1-20-9-4-2-3-8(7-9)17-11(19)16-6-5-10(18)12(13,14)15/h2-4,7,10,18H,5-6H2,1H3,(H2,16,17,19)/t10-/m1/s1. The quantitative estimate of drug-likeness (QED) is 0.778. The minimum atomic E-state index is -4.68. The molecule has 8 heteroatoms. The second kappa shape index (κ2) is 6.99. The summed E-state index contributed by atoms with van der Waals surface area (Å²) in [6, 6.07) is 5.84. The van der Waals surface area contributed by atoms with E-state index in [0.29, 0.717) is 11.4 Å². The lowest BCUT2D eigenvalue weighted by Gasteiger charge is -2.14. The van der Waals surface area contributed by atoms with Crippen molar-refractivity contribution in [2.45, 2.75) is 18.7 Å². The summed E-state index contributed by atoms with van der Waals surface area (Å²) in [6.45, 7) is -0.295. The number of carbonyl (C=O) groups excluding carboxylic acids is 1. The van der Waals surface area contributed by atoms with Crippen LogP contribution in [0.1, 0.15) is 6.42 Å². The van der Waals surface area contributed by atoms with Gasteiger partial charge in [-0.05, 0) is 18.6 Å². The first-order valence-corrected chi connectivity index (χ1v) is 5.76. The molecule has 0 aliphatic rings. The Balaban J connectivity index is 2.37. The van der Waals surface area contributed by atoms with Gasteiger partial charge < -0.3 is 20.5 Å². The Labute approximate surface area is 113 Å². The van der Waals surface area contributed by atoms with Crippen LogP contribution in [-0.2, 0) is 0 Å². The Hall–Kier alpha value is -1.96. The maximum atomic E-state index is 12.0. The number of aliphatic hydroxyl groups is 1. The lowest BCUT2D eigenvalue weighted by molar-refractivity contribution is -0.204. The van der Waals surface area contributed by atoms with Crippen LogP contribution >= 0.6 is 0 Å². The van der Waals surface area contributed by atoms with E-state index in [1.165, 1.54) is 7.11 Å². The third kappa shape index (κ3) is 5.35. The molecule has 0 fully saturated rings. The summed E-state index contributed by atoms with van der Waals surface area (Å²) in [7, 11) is 1.47. The van der Waals surface area contributed by atoms with Crippen molar-refractivity contribution in [3.8, 4) is 5.75 Å². The van der Waals surface area contributed by atoms with Gasteiger partial charge in [-0.15, -0.1) is 0 Å². The minimum absolute atomic E-state index is 0.295. The van der Waals surface area contributed by atoms with Crippen molar-refractivity contribution in [3.63, 3.8) is 0 Å². The third-order valence-electron chi connectivity index (χ3n) is 2.41. The SMILES string of the molecule is COc1cccc(NC(=O)NCC[C@@H](O)C(F)(F)F)c1. The molecular formula is C12H15F3N2O3. The molecule has 3 N–H and O–H groups in total. The number of alkyl halides is 3. The highest BCUT2D eigenvalue weighted by atomic mass is 19.4. The fourth-order valence-corrected chi connectivity index (χ4v) is 1.36. The van der Waals surface area contributed by atoms with Gasteiger partial charge >= 0.3 is 12.2 Å². The Bertz CT molecular complexity index is 452. The van der Waals surface area contributed by atoms with Crippen LogP contribution < -0.4 is 15.4 Å². The van der Waals surface area contributed by atoms with Crippen LogP contribution in [0.3, 0.4) is 0 Å². The molecule has 1 atom stereocenters. The number of nitrogens with one attached hydrogen (secondary N) is 2. The lowest BCUT2D eigenvalue weighted by atomic mass is 10.2. The maximum Gasteiger partial charge on any atom is 0.414 e. The lowest BCUT2D eigenvalue weighted by Crippen LogP contribution is -2.35. The van der Waals surface area contributed by atoms with Crippen LogP contribution in [0.4, 0.5) is 23.7 Å². The molecule has 1 aromatic carbocycles. The predicted octanol–water partition coefficient (Wildman–Crippen LogP) is 2.13. The normalized spacial score (nSPS) is 12.7. The van der Waals surface area contributed by atoms with E-state index >= 15 is 0 Å². The second-order valence-electron chi connectivity index (χ2n) is 3.96. The third-order valence-corrected chi connectivity index (χ3v) is 2.41. The Morgan fingerprint density at radius 2 is 2.15 bits per heavy atom. The molecule has 0 radical (unpaired) electrons. The van der Waals surface area contributed by atoms with E-state index in [4.69, 9.17) is 9.84 Å². The molecule has 1 rings (SSSR count). The summed E-state index contributed by atoms with van der Waals surface area (Å²) < 4.78 is 41.0. The summed E-state index contributed by atoms with van der Waals surface area (Å²) in [4.78, 5) is 11.4. The van der Waals surface area contributed by atoms with E-state index < -0.39 is 24.7 Å². The Kier molecular flexibility index (Phi) is 5.63. The minimum Gasteiger partial charge on any atom is -0.497 e. The maximum absolute atomic E-state index is 12.0. The molecule has 0 spiro atoms. The zero-order valence-corrected chi connectivity index (χ0v) is 10.7. The van der Waals surface area contributed by atoms with Gasteiger partial charge in [-0.25, -0.2) is 4.79 Å². The van der Waals surface area contributed by atoms with Crippen LogP contribution in [0.2, 0.25) is 0 Å². The first-order valence-electron chi connectivity index (χ1n) is 5.76. The summed E-state index contributed by atoms with van der Waals surface area (Å²) in [5.41, 5.74) is 0.443. The van der Waals surface area contributed by atoms with Gasteiger partial charge in [-0.1, -0.05) is 6.07 Å². The predicted molar refractivity (Wildman–Crippen MR) is 66.7 cm³/mol. The molecule has 2 amide bonds. The summed E-state index contributed by atoms with van der Waals surface area (Å²) in [6.07, 6.45) is -7.72. The smallest absolute Gasteiger partial charge is 0.414 e. The molecule has 0 unspecified atom stereocenters. The summed E-state index contributed by atoms with van der Waals surface area (Å²) in [5.74, 6) is 0.537. The van der Waals surface area contributed by atoms with Crippen LogP contribution in [-0.4, -0.2) is 37.1 Å². The van der Waals surface area contributed by atoms with Crippen LogP contribution in [0.25, 0.3) is 0 Å². The highest BCUT2D eigenvalue weighted by Crippen LogP contribution is 2.21. The van der Waals surface area contributed by atoms with E-state index in [1.54, 1.807) is 24.3 Å². The van der Waals surface area contributed by atoms with Gasteiger partial charge in [0.2, 0.25) is 0 Å². The summed E-state index contributed by atoms with van der Waals surface area (Å²) >= 11 is 0. The van der Waals surface area contributed by atoms with Crippen molar-refractivity contribution in [1.29, 1.82) is 0 Å². The molecule has 0 saturated carbocycles. The molecule has 1 aromatic rings. The number of hydrogen-bond acceptors (Lipinski definition) is 3. The molecule has 20 heavy (non-hydrogen) atoms. The number of ether oxygens (including phenoxy) is 1. The number of methoxy groups -OCH3 is 1. The van der Waals surface area contributed by atoms with Crippen molar-refractivity contribution in [2.75, 3.05) is 19.0 Å². The van der Waals surface area contributed by atoms with Gasteiger partial charge in [-0.3, -0.25) is 0 Å². The van der Waals surface area contributed by atoms with Crippen LogP contribution in [0.5, 0.6) is 5.75 Å². The zero-order valence-electron chi connectivity index (χ0n) is 10.7. The van der Waals surface area contributed by atoms with Gasteiger partial charge in [0.15, 0.2) is 6.10 Å². The first kappa shape index (κ1) is 16.1. The fourth-order valence-electron chi connectivity index (χ4n) is 1.36. The van der Waals surface area contributed by atoms with Gasteiger partial charge in [0.25, 0.3) is 0 Å². The number of aliphatic hydroxyl groups excluding tert-OH is 1. The van der Waals surface area contributed by atoms with E-state index in [2.05, 4.69) is 10.6 Å². The Morgan fingerprint density at radius 1 is 1.45 bits per heavy atom. The van der Waals surface area contributed by atoms with Crippen LogP contribution in [0, 0.1) is 0 Å². The molecule has 0 aliphatic heterocycles. The second-order valence-corrected chi connectivity index (χ2v) is 3.96. The van der Waals surface area contributed by atoms with E-state index in [-0.39, 0.29) is 6.54 Å². The average molecular weight is 292 g/mol. The number of rotatable bonds is 5. The number of anilines is 1. The molecule has 0 bridgehead atoms. The van der Waals surface area contributed by atoms with Crippen molar-refractivity contribution >= 4 is 11.7 Å². The van der Waals surface area contributed by atoms with Gasteiger partial charge in [0.1, 0.15) is 5.75 Å². The molecule has 5 nitrogen and oxygen atoms in total. The summed E-state index contributed by atoms with van der Waals surface area (Å²) in [5, 5.41) is 13.4. The number of halogens is 3. The highest BCUT2D eigenvalue weighted by molar-refractivity contribution is 5.89. The number of hydrogen-bond donors (Lipinski definition) is 3. The topological polar surface area (TPSA) is 70.6 Å². The van der Waals surface area contributed by atoms with Crippen molar-refractivity contribution < 1.29 is 27.8 Å². The number of amides is 2. The van der Waals surface area contributed by atoms with E-state index in [9.17, 15) is 18.0 Å². The first-order chi connectivity index (χ1) is 9.32. The van der Waals surface area contributed by atoms with Crippen molar-refractivity contribution in [3.05, 3.63) is 24.3 Å². The fraction of sp³-hybridized carbons (Fsp3) is 0.417. The number of benzene rings is 1. The van der Waals surface area contributed by atoms with E-state index in [1.807, 2.05) is 0 Å². The van der Waals surface area contributed by atoms with Crippen molar-refractivity contribution in [1.82, 2.24) is 5.32 Å². The molecule has 0 heterocycles. The molecule has 0 saturated heterocycles. The molecule has 0 aliphatic carbocycles. The molecule has 112 valence electrons. The van der Waals surface area contributed by atoms with Crippen LogP contribution in [0.15, 0.2) is 24.3 Å². The van der Waals surface area contributed by atoms with E-state index in [0.717, 1.165) is 0 Å². The zero-order chi connectivity index (χ0) is 15.2. The highest BCUT2D eigenvalue weighted by Gasteiger charge is 2.37. The molecule has 0 aromatic heterocycles. The Morgan fingerprint density at radius 3 is 2.75 bits per heavy atom. The van der Waals surface area contributed by atoms with Gasteiger partial charge in [0, 0.05) is 18.3 Å². The van der Waals surface area contributed by atoms with Crippen molar-refractivity contribution in [2.24, 2.45) is 0 Å². The largest absolute Gasteiger partial charge is 0.497 e. The van der Waals surface area contributed by atoms with Gasteiger partial charge in [0.05, 0.1) is 7.11 Å². The number of carbonyl (C=O) groups is 1. The monoisotopic (exact) mass is 292 g/mol. The average Bonchev–Trinajstić information content (AvgIpc) is 2.37. The number of urea groups is 1.